The fourth-order valence-electron chi connectivity index (χ4n) is 2.13. The molecule has 0 bridgehead atoms. The average molecular weight is 309 g/mol. The van der Waals surface area contributed by atoms with Crippen LogP contribution in [0.2, 0.25) is 0 Å². The van der Waals surface area contributed by atoms with Crippen molar-refractivity contribution in [2.24, 2.45) is 0 Å². The molecule has 0 saturated carbocycles. The second-order valence-electron chi connectivity index (χ2n) is 4.82. The highest BCUT2D eigenvalue weighted by Gasteiger charge is 2.12. The van der Waals surface area contributed by atoms with E-state index in [0.717, 1.165) is 24.6 Å². The summed E-state index contributed by atoms with van der Waals surface area (Å²) in [5.41, 5.74) is 0.735. The molecule has 22 heavy (non-hydrogen) atoms. The summed E-state index contributed by atoms with van der Waals surface area (Å²) in [6.45, 7) is 6.31. The van der Waals surface area contributed by atoms with Gasteiger partial charge in [-0.15, -0.1) is 0 Å². The number of rotatable bonds is 10. The maximum Gasteiger partial charge on any atom is 0.305 e. The summed E-state index contributed by atoms with van der Waals surface area (Å²) >= 11 is 0. The van der Waals surface area contributed by atoms with Crippen molar-refractivity contribution >= 4 is 23.4 Å². The van der Waals surface area contributed by atoms with E-state index >= 15 is 0 Å². The molecule has 0 atom stereocenters. The second-order valence-corrected chi connectivity index (χ2v) is 4.82. The Labute approximate surface area is 130 Å². The first kappa shape index (κ1) is 17.7. The van der Waals surface area contributed by atoms with Gasteiger partial charge in [-0.1, -0.05) is 0 Å². The Hall–Kier alpha value is -2.31. The molecule has 0 spiro atoms. The fraction of sp³-hybridized carbons (Fsp3) is 0.533. The molecule has 0 fully saturated rings. The van der Waals surface area contributed by atoms with Crippen LogP contribution >= 0.6 is 0 Å². The molecule has 7 heteroatoms. The number of hydrogen-bond donors (Lipinski definition) is 2. The van der Waals surface area contributed by atoms with Crippen LogP contribution in [0, 0.1) is 0 Å². The van der Waals surface area contributed by atoms with Gasteiger partial charge in [-0.3, -0.25) is 9.59 Å². The lowest BCUT2D eigenvalue weighted by atomic mass is 10.2. The molecule has 0 saturated heterocycles. The van der Waals surface area contributed by atoms with E-state index in [0.29, 0.717) is 0 Å². The molecule has 1 aromatic heterocycles. The van der Waals surface area contributed by atoms with E-state index in [2.05, 4.69) is 9.88 Å². The van der Waals surface area contributed by atoms with Crippen LogP contribution in [0.4, 0.5) is 11.5 Å². The first-order chi connectivity index (χ1) is 10.5. The maximum atomic E-state index is 10.7. The van der Waals surface area contributed by atoms with Gasteiger partial charge in [0.25, 0.3) is 0 Å². The average Bonchev–Trinajstić information content (AvgIpc) is 2.49. The second kappa shape index (κ2) is 8.86. The molecule has 122 valence electrons. The highest BCUT2D eigenvalue weighted by atomic mass is 16.4. The van der Waals surface area contributed by atoms with Gasteiger partial charge >= 0.3 is 11.9 Å². The van der Waals surface area contributed by atoms with E-state index in [1.54, 1.807) is 11.1 Å². The van der Waals surface area contributed by atoms with E-state index in [1.807, 2.05) is 26.0 Å². The zero-order chi connectivity index (χ0) is 16.5. The predicted octanol–water partition coefficient (Wildman–Crippen LogP) is 1.68. The summed E-state index contributed by atoms with van der Waals surface area (Å²) in [6, 6.07) is 3.72. The van der Waals surface area contributed by atoms with Crippen molar-refractivity contribution in [2.45, 2.75) is 26.7 Å². The van der Waals surface area contributed by atoms with Gasteiger partial charge in [0.15, 0.2) is 0 Å². The number of hydrogen-bond acceptors (Lipinski definition) is 5. The van der Waals surface area contributed by atoms with Crippen LogP contribution in [-0.2, 0) is 9.59 Å². The molecule has 0 radical (unpaired) electrons. The van der Waals surface area contributed by atoms with E-state index in [9.17, 15) is 9.59 Å². The third-order valence-corrected chi connectivity index (χ3v) is 3.38. The van der Waals surface area contributed by atoms with Crippen molar-refractivity contribution in [3.8, 4) is 0 Å². The summed E-state index contributed by atoms with van der Waals surface area (Å²) in [5.74, 6) is -0.966. The quantitative estimate of drug-likeness (QED) is 0.679. The minimum Gasteiger partial charge on any atom is -0.481 e. The number of aromatic nitrogens is 1. The highest BCUT2D eigenvalue weighted by Crippen LogP contribution is 2.18. The molecular formula is C15H23N3O4. The smallest absolute Gasteiger partial charge is 0.305 e. The molecule has 0 amide bonds. The number of aliphatic carboxylic acids is 2. The highest BCUT2D eigenvalue weighted by molar-refractivity contribution is 5.69. The maximum absolute atomic E-state index is 10.7. The van der Waals surface area contributed by atoms with Crippen LogP contribution < -0.4 is 9.80 Å². The molecule has 1 heterocycles. The van der Waals surface area contributed by atoms with Gasteiger partial charge in [-0.2, -0.15) is 0 Å². The summed E-state index contributed by atoms with van der Waals surface area (Å²) in [6.07, 6.45) is 1.58. The number of nitrogens with zero attached hydrogens (tertiary/aromatic N) is 3. The van der Waals surface area contributed by atoms with Crippen LogP contribution in [0.25, 0.3) is 0 Å². The summed E-state index contributed by atoms with van der Waals surface area (Å²) in [4.78, 5) is 29.7. The lowest BCUT2D eigenvalue weighted by molar-refractivity contribution is -0.137. The molecular weight excluding hydrogens is 286 g/mol. The summed E-state index contributed by atoms with van der Waals surface area (Å²) in [5, 5.41) is 17.6. The standard InChI is InChI=1S/C15H23N3O4/c1-3-17(4-2)13-6-5-12(11-16-13)18(9-7-14(19)20)10-8-15(21)22/h5-6,11H,3-4,7-10H2,1-2H3,(H,19,20)(H,21,22). The van der Waals surface area contributed by atoms with Gasteiger partial charge < -0.3 is 20.0 Å². The first-order valence-corrected chi connectivity index (χ1v) is 7.37. The zero-order valence-electron chi connectivity index (χ0n) is 13.0. The van der Waals surface area contributed by atoms with Crippen molar-refractivity contribution in [2.75, 3.05) is 36.0 Å². The van der Waals surface area contributed by atoms with Crippen molar-refractivity contribution in [1.82, 2.24) is 4.98 Å². The topological polar surface area (TPSA) is 94.0 Å². The third-order valence-electron chi connectivity index (χ3n) is 3.38. The number of pyridine rings is 1. The molecule has 0 aliphatic carbocycles. The lowest BCUT2D eigenvalue weighted by Crippen LogP contribution is -2.29. The molecule has 0 aromatic carbocycles. The number of carbonyl (C=O) groups is 2. The normalized spacial score (nSPS) is 10.3. The Bertz CT molecular complexity index is 468. The van der Waals surface area contributed by atoms with Gasteiger partial charge in [0.1, 0.15) is 5.82 Å². The van der Waals surface area contributed by atoms with Crippen molar-refractivity contribution in [1.29, 1.82) is 0 Å². The third kappa shape index (κ3) is 5.59. The number of anilines is 2. The SMILES string of the molecule is CCN(CC)c1ccc(N(CCC(=O)O)CCC(=O)O)cn1. The first-order valence-electron chi connectivity index (χ1n) is 7.37. The van der Waals surface area contributed by atoms with Gasteiger partial charge in [-0.05, 0) is 26.0 Å². The fourth-order valence-corrected chi connectivity index (χ4v) is 2.13. The van der Waals surface area contributed by atoms with Crippen LogP contribution in [0.1, 0.15) is 26.7 Å². The Kier molecular flexibility index (Phi) is 7.15. The Morgan fingerprint density at radius 1 is 1.00 bits per heavy atom. The van der Waals surface area contributed by atoms with E-state index in [4.69, 9.17) is 10.2 Å². The minimum atomic E-state index is -0.909. The van der Waals surface area contributed by atoms with E-state index < -0.39 is 11.9 Å². The zero-order valence-corrected chi connectivity index (χ0v) is 13.0. The van der Waals surface area contributed by atoms with Gasteiger partial charge in [-0.25, -0.2) is 4.98 Å². The van der Waals surface area contributed by atoms with Crippen molar-refractivity contribution < 1.29 is 19.8 Å². The van der Waals surface area contributed by atoms with Crippen LogP contribution in [-0.4, -0.2) is 53.3 Å². The van der Waals surface area contributed by atoms with Crippen LogP contribution in [0.5, 0.6) is 0 Å². The lowest BCUT2D eigenvalue weighted by Gasteiger charge is -2.25. The molecule has 1 rings (SSSR count). The molecule has 0 aliphatic heterocycles. The molecule has 0 unspecified atom stereocenters. The molecule has 0 aliphatic rings. The Morgan fingerprint density at radius 2 is 1.55 bits per heavy atom. The van der Waals surface area contributed by atoms with Gasteiger partial charge in [0.2, 0.25) is 0 Å². The number of carboxylic acid groups (broad SMARTS) is 2. The summed E-state index contributed by atoms with van der Waals surface area (Å²) < 4.78 is 0. The Morgan fingerprint density at radius 3 is 1.91 bits per heavy atom. The minimum absolute atomic E-state index is 0.0442. The largest absolute Gasteiger partial charge is 0.481 e. The van der Waals surface area contributed by atoms with E-state index in [-0.39, 0.29) is 25.9 Å². The number of carboxylic acids is 2. The van der Waals surface area contributed by atoms with Crippen molar-refractivity contribution in [3.63, 3.8) is 0 Å². The van der Waals surface area contributed by atoms with Crippen LogP contribution in [0.3, 0.4) is 0 Å². The molecule has 1 aromatic rings. The predicted molar refractivity (Wildman–Crippen MR) is 84.5 cm³/mol. The monoisotopic (exact) mass is 309 g/mol. The van der Waals surface area contributed by atoms with Crippen LogP contribution in [0.15, 0.2) is 18.3 Å². The van der Waals surface area contributed by atoms with E-state index in [1.165, 1.54) is 0 Å². The van der Waals surface area contributed by atoms with Gasteiger partial charge in [0, 0.05) is 26.2 Å². The molecule has 7 nitrogen and oxygen atoms in total. The molecule has 2 N–H and O–H groups in total. The summed E-state index contributed by atoms with van der Waals surface area (Å²) in [7, 11) is 0. The van der Waals surface area contributed by atoms with Gasteiger partial charge in [0.05, 0.1) is 24.7 Å². The van der Waals surface area contributed by atoms with Crippen molar-refractivity contribution in [3.05, 3.63) is 18.3 Å². The Balaban J connectivity index is 2.83.